The van der Waals surface area contributed by atoms with Gasteiger partial charge in [-0.15, -0.1) is 0 Å². The first-order valence-corrected chi connectivity index (χ1v) is 12.7. The van der Waals surface area contributed by atoms with Crippen LogP contribution in [0.1, 0.15) is 42.4 Å². The highest BCUT2D eigenvalue weighted by atomic mass is 16.6. The number of carbonyl (C=O) groups is 3. The molecule has 0 aromatic heterocycles. The van der Waals surface area contributed by atoms with E-state index in [4.69, 9.17) is 9.47 Å². The zero-order chi connectivity index (χ0) is 29.0. The van der Waals surface area contributed by atoms with Crippen molar-refractivity contribution in [2.45, 2.75) is 62.6 Å². The summed E-state index contributed by atoms with van der Waals surface area (Å²) in [7, 11) is 0. The number of ether oxygens (including phenoxy) is 2. The van der Waals surface area contributed by atoms with Crippen molar-refractivity contribution >= 4 is 30.0 Å². The van der Waals surface area contributed by atoms with E-state index in [-0.39, 0.29) is 23.3 Å². The van der Waals surface area contributed by atoms with Gasteiger partial charge >= 0.3 is 11.9 Å². The Labute approximate surface area is 230 Å². The van der Waals surface area contributed by atoms with Crippen LogP contribution >= 0.6 is 0 Å². The highest BCUT2D eigenvalue weighted by molar-refractivity contribution is 5.89. The van der Waals surface area contributed by atoms with Gasteiger partial charge in [-0.25, -0.2) is 9.59 Å². The van der Waals surface area contributed by atoms with E-state index in [0.717, 1.165) is 25.0 Å². The Bertz CT molecular complexity index is 1260. The van der Waals surface area contributed by atoms with Crippen LogP contribution in [0.5, 0.6) is 17.2 Å². The second kappa shape index (κ2) is 11.8. The molecule has 2 aromatic carbocycles. The molecule has 4 rings (SSSR count). The molecule has 11 nitrogen and oxygen atoms in total. The fourth-order valence-electron chi connectivity index (χ4n) is 4.27. The summed E-state index contributed by atoms with van der Waals surface area (Å²) < 4.78 is 10.7. The fourth-order valence-corrected chi connectivity index (χ4v) is 4.27. The van der Waals surface area contributed by atoms with Crippen LogP contribution in [0.3, 0.4) is 0 Å². The molecule has 0 saturated heterocycles. The topological polar surface area (TPSA) is 183 Å². The number of nitrogens with one attached hydrogen (secondary N) is 1. The zero-order valence-electron chi connectivity index (χ0n) is 21.7. The van der Waals surface area contributed by atoms with Crippen LogP contribution in [0.4, 0.5) is 0 Å². The number of aliphatic hydroxyl groups excluding tert-OH is 1. The standard InChI is InChI=1S/C29H31NO10/c1-16-2-3-17(12-21(16)32)5-10-25(34)39-23-14-29(38,28(37)30-19-7-8-19)15-24(27(23)36)40-26(35)11-6-18-4-9-20(31)22(33)13-18/h2-6,9-13,19,23-24,27,31-33,36,38H,7-8,14-15H2,1H3,(H,30,37)/b10-5+,11-6+/t23-,24-,27+,29-/m1/s1. The van der Waals surface area contributed by atoms with Gasteiger partial charge in [0.25, 0.3) is 5.91 Å². The fraction of sp³-hybridized carbons (Fsp3) is 0.345. The van der Waals surface area contributed by atoms with E-state index < -0.39 is 54.6 Å². The second-order valence-corrected chi connectivity index (χ2v) is 10.1. The molecule has 2 aliphatic rings. The SMILES string of the molecule is Cc1ccc(/C=C/C(=O)O[C@@H]2C[C@](O)(C(=O)NC3CC3)C[C@@H](OC(=O)/C=C/c3ccc(O)c(O)c3)[C@H]2O)cc1O. The molecule has 1 amide bonds. The van der Waals surface area contributed by atoms with E-state index in [0.29, 0.717) is 16.7 Å². The molecule has 2 fully saturated rings. The molecule has 0 bridgehead atoms. The van der Waals surface area contributed by atoms with E-state index in [9.17, 15) is 39.9 Å². The normalized spacial score (nSPS) is 24.6. The average molecular weight is 554 g/mol. The highest BCUT2D eigenvalue weighted by Gasteiger charge is 2.52. The molecule has 4 atom stereocenters. The van der Waals surface area contributed by atoms with Crippen molar-refractivity contribution in [3.63, 3.8) is 0 Å². The van der Waals surface area contributed by atoms with Gasteiger partial charge in [-0.2, -0.15) is 0 Å². The van der Waals surface area contributed by atoms with Gasteiger partial charge in [0.15, 0.2) is 11.5 Å². The van der Waals surface area contributed by atoms with Crippen LogP contribution in [0.25, 0.3) is 12.2 Å². The average Bonchev–Trinajstić information content (AvgIpc) is 3.72. The number of phenols is 3. The summed E-state index contributed by atoms with van der Waals surface area (Å²) in [5, 5.41) is 53.7. The van der Waals surface area contributed by atoms with Crippen molar-refractivity contribution in [1.82, 2.24) is 5.32 Å². The number of aliphatic hydroxyl groups is 2. The molecule has 6 N–H and O–H groups in total. The summed E-state index contributed by atoms with van der Waals surface area (Å²) in [5.41, 5.74) is -0.538. The Balaban J connectivity index is 1.47. The minimum absolute atomic E-state index is 0.0471. The van der Waals surface area contributed by atoms with E-state index in [1.54, 1.807) is 19.1 Å². The molecular formula is C29H31NO10. The third kappa shape index (κ3) is 7.19. The lowest BCUT2D eigenvalue weighted by Crippen LogP contribution is -2.60. The molecule has 0 aliphatic heterocycles. The number of rotatable bonds is 8. The molecular weight excluding hydrogens is 522 g/mol. The highest BCUT2D eigenvalue weighted by Crippen LogP contribution is 2.34. The van der Waals surface area contributed by atoms with E-state index in [2.05, 4.69) is 5.32 Å². The molecule has 2 aromatic rings. The molecule has 40 heavy (non-hydrogen) atoms. The number of hydrogen-bond acceptors (Lipinski definition) is 10. The molecule has 0 unspecified atom stereocenters. The summed E-state index contributed by atoms with van der Waals surface area (Å²) in [6, 6.07) is 8.62. The van der Waals surface area contributed by atoms with Gasteiger partial charge < -0.3 is 40.3 Å². The molecule has 0 radical (unpaired) electrons. The van der Waals surface area contributed by atoms with Crippen molar-refractivity contribution in [1.29, 1.82) is 0 Å². The Kier molecular flexibility index (Phi) is 8.46. The van der Waals surface area contributed by atoms with Gasteiger partial charge in [0.1, 0.15) is 29.7 Å². The third-order valence-corrected chi connectivity index (χ3v) is 6.77. The Morgan fingerprint density at radius 1 is 0.850 bits per heavy atom. The Morgan fingerprint density at radius 3 is 1.88 bits per heavy atom. The first-order chi connectivity index (χ1) is 18.9. The molecule has 0 heterocycles. The lowest BCUT2D eigenvalue weighted by molar-refractivity contribution is -0.196. The minimum atomic E-state index is -2.09. The zero-order valence-corrected chi connectivity index (χ0v) is 21.7. The van der Waals surface area contributed by atoms with E-state index in [1.165, 1.54) is 36.4 Å². The molecule has 2 saturated carbocycles. The third-order valence-electron chi connectivity index (χ3n) is 6.77. The first kappa shape index (κ1) is 28.7. The van der Waals surface area contributed by atoms with Crippen LogP contribution in [-0.2, 0) is 23.9 Å². The maximum atomic E-state index is 12.9. The van der Waals surface area contributed by atoms with Gasteiger partial charge in [-0.05, 0) is 66.8 Å². The van der Waals surface area contributed by atoms with Crippen molar-refractivity contribution in [3.05, 3.63) is 65.2 Å². The number of phenolic OH excluding ortho intramolecular Hbond substituents is 3. The molecule has 11 heteroatoms. The van der Waals surface area contributed by atoms with Crippen LogP contribution in [0, 0.1) is 6.92 Å². The number of aryl methyl sites for hydroxylation is 1. The van der Waals surface area contributed by atoms with E-state index in [1.807, 2.05) is 0 Å². The van der Waals surface area contributed by atoms with Gasteiger partial charge in [0.05, 0.1) is 0 Å². The molecule has 0 spiro atoms. The number of amides is 1. The Hall–Kier alpha value is -4.35. The Morgan fingerprint density at radius 2 is 1.38 bits per heavy atom. The second-order valence-electron chi connectivity index (χ2n) is 10.1. The van der Waals surface area contributed by atoms with Crippen molar-refractivity contribution in [2.24, 2.45) is 0 Å². The number of esters is 2. The van der Waals surface area contributed by atoms with Gasteiger partial charge in [-0.3, -0.25) is 4.79 Å². The van der Waals surface area contributed by atoms with Gasteiger partial charge in [0, 0.05) is 31.0 Å². The van der Waals surface area contributed by atoms with Crippen LogP contribution < -0.4 is 5.32 Å². The van der Waals surface area contributed by atoms with Gasteiger partial charge in [-0.1, -0.05) is 18.2 Å². The molecule has 212 valence electrons. The number of carbonyl (C=O) groups excluding carboxylic acids is 3. The largest absolute Gasteiger partial charge is 0.508 e. The number of benzene rings is 2. The minimum Gasteiger partial charge on any atom is -0.508 e. The quantitative estimate of drug-likeness (QED) is 0.160. The lowest BCUT2D eigenvalue weighted by atomic mass is 9.78. The smallest absolute Gasteiger partial charge is 0.331 e. The maximum absolute atomic E-state index is 12.9. The first-order valence-electron chi connectivity index (χ1n) is 12.7. The van der Waals surface area contributed by atoms with Crippen molar-refractivity contribution in [3.8, 4) is 17.2 Å². The van der Waals surface area contributed by atoms with Crippen LogP contribution in [-0.4, -0.2) is 73.3 Å². The summed E-state index contributed by atoms with van der Waals surface area (Å²) >= 11 is 0. The maximum Gasteiger partial charge on any atom is 0.331 e. The molecule has 2 aliphatic carbocycles. The predicted octanol–water partition coefficient (Wildman–Crippen LogP) is 1.83. The van der Waals surface area contributed by atoms with Crippen LogP contribution in [0.15, 0.2) is 48.6 Å². The summed E-state index contributed by atoms with van der Waals surface area (Å²) in [5.74, 6) is -3.19. The van der Waals surface area contributed by atoms with Gasteiger partial charge in [0.2, 0.25) is 0 Å². The predicted molar refractivity (Wildman–Crippen MR) is 142 cm³/mol. The summed E-state index contributed by atoms with van der Waals surface area (Å²) in [4.78, 5) is 38.0. The van der Waals surface area contributed by atoms with Crippen LogP contribution in [0.2, 0.25) is 0 Å². The monoisotopic (exact) mass is 553 g/mol. The lowest BCUT2D eigenvalue weighted by Gasteiger charge is -2.41. The number of hydrogen-bond donors (Lipinski definition) is 6. The van der Waals surface area contributed by atoms with Crippen molar-refractivity contribution in [2.75, 3.05) is 0 Å². The summed E-state index contributed by atoms with van der Waals surface area (Å²) in [6.45, 7) is 1.72. The van der Waals surface area contributed by atoms with Crippen molar-refractivity contribution < 1.29 is 49.4 Å². The summed E-state index contributed by atoms with van der Waals surface area (Å²) in [6.07, 6.45) is 1.12. The van der Waals surface area contributed by atoms with E-state index >= 15 is 0 Å². The number of aromatic hydroxyl groups is 3.